The lowest BCUT2D eigenvalue weighted by Gasteiger charge is -2.58. The van der Waals surface area contributed by atoms with Crippen molar-refractivity contribution in [2.45, 2.75) is 68.7 Å². The van der Waals surface area contributed by atoms with Gasteiger partial charge in [0.15, 0.2) is 8.24 Å². The summed E-state index contributed by atoms with van der Waals surface area (Å²) in [5, 5.41) is 0.00131. The monoisotopic (exact) mass is 463 g/mol. The van der Waals surface area contributed by atoms with Crippen molar-refractivity contribution in [3.05, 3.63) is 0 Å². The van der Waals surface area contributed by atoms with Gasteiger partial charge in [-0.3, -0.25) is 4.79 Å². The SMILES string of the molecule is CCSC1C(C(C)OC(=O)OC(Cl)(Cl)CCl)C(=O)N1[Si](C)(C)C(C)(C)C. The Labute approximate surface area is 176 Å². The Bertz CT molecular complexity index is 542. The number of thioether (sulfide) groups is 1. The molecular formula is C16H28Cl3NO4SSi. The Hall–Kier alpha value is 0.177. The van der Waals surface area contributed by atoms with Gasteiger partial charge in [0.1, 0.15) is 12.0 Å². The topological polar surface area (TPSA) is 55.8 Å². The average Bonchev–Trinajstić information content (AvgIpc) is 2.44. The minimum Gasteiger partial charge on any atom is -0.430 e. The van der Waals surface area contributed by atoms with Crippen LogP contribution in [-0.4, -0.2) is 52.5 Å². The molecule has 0 bridgehead atoms. The summed E-state index contributed by atoms with van der Waals surface area (Å²) in [5.41, 5.74) is 0. The number of halogens is 3. The van der Waals surface area contributed by atoms with E-state index < -0.39 is 30.9 Å². The first-order chi connectivity index (χ1) is 11.7. The summed E-state index contributed by atoms with van der Waals surface area (Å²) in [6, 6.07) is 0. The van der Waals surface area contributed by atoms with E-state index in [0.717, 1.165) is 5.75 Å². The summed E-state index contributed by atoms with van der Waals surface area (Å²) in [4.78, 5) is 24.8. The van der Waals surface area contributed by atoms with Gasteiger partial charge in [0, 0.05) is 0 Å². The van der Waals surface area contributed by atoms with Gasteiger partial charge in [0.25, 0.3) is 4.52 Å². The molecule has 152 valence electrons. The zero-order valence-corrected chi connectivity index (χ0v) is 20.4. The van der Waals surface area contributed by atoms with E-state index in [4.69, 9.17) is 44.3 Å². The van der Waals surface area contributed by atoms with E-state index in [1.54, 1.807) is 18.7 Å². The van der Waals surface area contributed by atoms with Crippen LogP contribution in [-0.2, 0) is 14.3 Å². The van der Waals surface area contributed by atoms with Crippen LogP contribution in [0.25, 0.3) is 0 Å². The molecule has 1 fully saturated rings. The first-order valence-electron chi connectivity index (χ1n) is 8.47. The molecule has 1 rings (SSSR count). The predicted octanol–water partition coefficient (Wildman–Crippen LogP) is 5.44. The zero-order chi connectivity index (χ0) is 20.5. The second-order valence-corrected chi connectivity index (χ2v) is 16.0. The van der Waals surface area contributed by atoms with Crippen molar-refractivity contribution in [2.24, 2.45) is 5.92 Å². The minimum absolute atomic E-state index is 0.0168. The molecule has 0 aromatic rings. The number of nitrogens with zero attached hydrogens (tertiary/aromatic N) is 1. The van der Waals surface area contributed by atoms with Gasteiger partial charge in [-0.15, -0.1) is 23.4 Å². The minimum atomic E-state index is -2.02. The molecule has 0 aliphatic carbocycles. The van der Waals surface area contributed by atoms with Gasteiger partial charge >= 0.3 is 6.16 Å². The zero-order valence-electron chi connectivity index (χ0n) is 16.3. The summed E-state index contributed by atoms with van der Waals surface area (Å²) in [7, 11) is -2.02. The van der Waals surface area contributed by atoms with Crippen molar-refractivity contribution in [1.29, 1.82) is 0 Å². The highest BCUT2D eigenvalue weighted by Gasteiger charge is 2.59. The van der Waals surface area contributed by atoms with Crippen LogP contribution in [0, 0.1) is 5.92 Å². The normalized spacial score (nSPS) is 22.7. The smallest absolute Gasteiger partial charge is 0.430 e. The Kier molecular flexibility index (Phi) is 8.08. The fraction of sp³-hybridized carbons (Fsp3) is 0.875. The summed E-state index contributed by atoms with van der Waals surface area (Å²) in [5.74, 6) is 0.158. The highest BCUT2D eigenvalue weighted by atomic mass is 35.5. The highest BCUT2D eigenvalue weighted by molar-refractivity contribution is 8.00. The molecule has 1 aliphatic heterocycles. The molecule has 0 radical (unpaired) electrons. The Balaban J connectivity index is 2.90. The molecular weight excluding hydrogens is 437 g/mol. The summed E-state index contributed by atoms with van der Waals surface area (Å²) in [6.45, 7) is 14.6. The predicted molar refractivity (Wildman–Crippen MR) is 112 cm³/mol. The lowest BCUT2D eigenvalue weighted by atomic mass is 9.95. The molecule has 0 aromatic carbocycles. The van der Waals surface area contributed by atoms with E-state index in [9.17, 15) is 9.59 Å². The van der Waals surface area contributed by atoms with Crippen LogP contribution in [0.5, 0.6) is 0 Å². The van der Waals surface area contributed by atoms with Crippen LogP contribution < -0.4 is 0 Å². The van der Waals surface area contributed by atoms with Crippen LogP contribution in [0.4, 0.5) is 4.79 Å². The lowest BCUT2D eigenvalue weighted by Crippen LogP contribution is -2.73. The average molecular weight is 465 g/mol. The van der Waals surface area contributed by atoms with E-state index in [1.807, 2.05) is 11.5 Å². The molecule has 0 saturated carbocycles. The number of β-lactam (4-membered cyclic amide) rings is 1. The standard InChI is InChI=1S/C16H28Cl3NO4SSi/c1-8-25-13-11(10(2)23-14(22)24-16(18,19)9-17)12(21)20(13)26(6,7)15(3,4)5/h10-11,13H,8-9H2,1-7H3. The number of hydrogen-bond acceptors (Lipinski definition) is 5. The van der Waals surface area contributed by atoms with E-state index in [0.29, 0.717) is 0 Å². The molecule has 1 heterocycles. The maximum Gasteiger partial charge on any atom is 0.511 e. The van der Waals surface area contributed by atoms with Gasteiger partial charge in [-0.25, -0.2) is 4.79 Å². The fourth-order valence-corrected chi connectivity index (χ4v) is 7.18. The van der Waals surface area contributed by atoms with Crippen molar-refractivity contribution in [3.63, 3.8) is 0 Å². The fourth-order valence-electron chi connectivity index (χ4n) is 2.62. The Morgan fingerprint density at radius 3 is 2.31 bits per heavy atom. The number of ether oxygens (including phenoxy) is 2. The van der Waals surface area contributed by atoms with Gasteiger partial charge in [-0.1, -0.05) is 64.0 Å². The van der Waals surface area contributed by atoms with Crippen molar-refractivity contribution in [3.8, 4) is 0 Å². The van der Waals surface area contributed by atoms with Gasteiger partial charge in [0.2, 0.25) is 5.91 Å². The second-order valence-electron chi connectivity index (χ2n) is 7.83. The van der Waals surface area contributed by atoms with Gasteiger partial charge in [-0.2, -0.15) is 0 Å². The summed E-state index contributed by atoms with van der Waals surface area (Å²) in [6.07, 6.45) is -1.69. The quantitative estimate of drug-likeness (QED) is 0.217. The second kappa shape index (κ2) is 8.68. The van der Waals surface area contributed by atoms with E-state index in [1.165, 1.54) is 0 Å². The van der Waals surface area contributed by atoms with E-state index >= 15 is 0 Å². The van der Waals surface area contributed by atoms with Crippen molar-refractivity contribution < 1.29 is 19.1 Å². The third-order valence-electron chi connectivity index (χ3n) is 5.04. The molecule has 1 aliphatic rings. The number of amides is 1. The number of alkyl halides is 3. The third kappa shape index (κ3) is 5.16. The summed E-state index contributed by atoms with van der Waals surface area (Å²) < 4.78 is 10.2. The number of carbonyl (C=O) groups excluding carboxylic acids is 2. The first-order valence-corrected chi connectivity index (χ1v) is 13.8. The Morgan fingerprint density at radius 1 is 1.35 bits per heavy atom. The van der Waals surface area contributed by atoms with Gasteiger partial charge < -0.3 is 14.0 Å². The van der Waals surface area contributed by atoms with Crippen LogP contribution >= 0.6 is 46.6 Å². The van der Waals surface area contributed by atoms with Gasteiger partial charge in [0.05, 0.1) is 11.3 Å². The van der Waals surface area contributed by atoms with Crippen molar-refractivity contribution in [2.75, 3.05) is 11.6 Å². The molecule has 0 spiro atoms. The van der Waals surface area contributed by atoms with Crippen LogP contribution in [0.2, 0.25) is 18.1 Å². The number of hydrogen-bond donors (Lipinski definition) is 0. The van der Waals surface area contributed by atoms with Crippen molar-refractivity contribution in [1.82, 2.24) is 4.57 Å². The number of rotatable bonds is 7. The third-order valence-corrected chi connectivity index (χ3v) is 12.8. The summed E-state index contributed by atoms with van der Waals surface area (Å²) >= 11 is 18.6. The van der Waals surface area contributed by atoms with Gasteiger partial charge in [-0.05, 0) is 17.7 Å². The van der Waals surface area contributed by atoms with Crippen LogP contribution in [0.15, 0.2) is 0 Å². The van der Waals surface area contributed by atoms with Crippen LogP contribution in [0.1, 0.15) is 34.6 Å². The molecule has 0 aromatic heterocycles. The molecule has 1 amide bonds. The van der Waals surface area contributed by atoms with Crippen LogP contribution in [0.3, 0.4) is 0 Å². The molecule has 5 nitrogen and oxygen atoms in total. The molecule has 3 atom stereocenters. The van der Waals surface area contributed by atoms with E-state index in [2.05, 4.69) is 33.9 Å². The maximum absolute atomic E-state index is 12.9. The molecule has 0 N–H and O–H groups in total. The molecule has 3 unspecified atom stereocenters. The first kappa shape index (κ1) is 24.2. The number of carbonyl (C=O) groups is 2. The largest absolute Gasteiger partial charge is 0.511 e. The lowest BCUT2D eigenvalue weighted by molar-refractivity contribution is -0.150. The Morgan fingerprint density at radius 2 is 1.88 bits per heavy atom. The van der Waals surface area contributed by atoms with Crippen molar-refractivity contribution >= 4 is 66.9 Å². The van der Waals surface area contributed by atoms with E-state index in [-0.39, 0.29) is 22.2 Å². The molecule has 26 heavy (non-hydrogen) atoms. The molecule has 1 saturated heterocycles. The molecule has 10 heteroatoms. The highest BCUT2D eigenvalue weighted by Crippen LogP contribution is 2.48. The maximum atomic E-state index is 12.9.